The number of piperidine rings is 1. The van der Waals surface area contributed by atoms with E-state index in [1.54, 1.807) is 4.68 Å². The zero-order valence-corrected chi connectivity index (χ0v) is 15.0. The molecule has 1 aromatic carbocycles. The van der Waals surface area contributed by atoms with Crippen LogP contribution in [0.3, 0.4) is 0 Å². The van der Waals surface area contributed by atoms with Crippen LogP contribution in [0.25, 0.3) is 10.9 Å². The number of likely N-dealkylation sites (N-methyl/N-ethyl adjacent to an activating group) is 1. The average molecular weight is 349 g/mol. The Morgan fingerprint density at radius 1 is 1.15 bits per heavy atom. The highest BCUT2D eigenvalue weighted by Gasteiger charge is 2.26. The van der Waals surface area contributed by atoms with Crippen molar-refractivity contribution in [3.63, 3.8) is 0 Å². The zero-order valence-electron chi connectivity index (χ0n) is 15.0. The van der Waals surface area contributed by atoms with Crippen molar-refractivity contribution in [2.24, 2.45) is 0 Å². The Morgan fingerprint density at radius 3 is 2.69 bits per heavy atom. The summed E-state index contributed by atoms with van der Waals surface area (Å²) in [5.41, 5.74) is 0.999. The van der Waals surface area contributed by atoms with Gasteiger partial charge in [-0.05, 0) is 31.0 Å². The molecule has 0 unspecified atom stereocenters. The van der Waals surface area contributed by atoms with Crippen molar-refractivity contribution >= 4 is 22.6 Å². The van der Waals surface area contributed by atoms with E-state index in [-0.39, 0.29) is 18.5 Å². The summed E-state index contributed by atoms with van der Waals surface area (Å²) >= 11 is 0. The van der Waals surface area contributed by atoms with Gasteiger partial charge in [0.2, 0.25) is 5.91 Å². The Labute approximate surface area is 153 Å². The minimum Gasteiger partial charge on any atom is -0.356 e. The molecule has 134 valence electrons. The van der Waals surface area contributed by atoms with Gasteiger partial charge >= 0.3 is 0 Å². The molecule has 0 radical (unpaired) electrons. The summed E-state index contributed by atoms with van der Waals surface area (Å²) < 4.78 is 1.79. The number of hydrogen-bond acceptors (Lipinski definition) is 4. The SMILES string of the molecule is CN(C(=O)Cn1ncc2ccccc21)C1CCN(c2ccccn2)CC1. The summed E-state index contributed by atoms with van der Waals surface area (Å²) in [6, 6.07) is 14.2. The molecule has 2 aromatic heterocycles. The number of fused-ring (bicyclic) bond motifs is 1. The van der Waals surface area contributed by atoms with E-state index in [0.29, 0.717) is 0 Å². The van der Waals surface area contributed by atoms with Crippen LogP contribution in [0.2, 0.25) is 0 Å². The molecule has 1 fully saturated rings. The molecule has 0 atom stereocenters. The van der Waals surface area contributed by atoms with E-state index in [9.17, 15) is 4.79 Å². The van der Waals surface area contributed by atoms with Crippen molar-refractivity contribution < 1.29 is 4.79 Å². The maximum Gasteiger partial charge on any atom is 0.244 e. The first-order chi connectivity index (χ1) is 12.7. The molecule has 6 heteroatoms. The van der Waals surface area contributed by atoms with Crippen LogP contribution < -0.4 is 4.90 Å². The first kappa shape index (κ1) is 16.6. The molecule has 0 spiro atoms. The molecule has 3 heterocycles. The summed E-state index contributed by atoms with van der Waals surface area (Å²) in [5.74, 6) is 1.12. The van der Waals surface area contributed by atoms with Gasteiger partial charge in [-0.15, -0.1) is 0 Å². The van der Waals surface area contributed by atoms with Crippen LogP contribution in [-0.4, -0.2) is 51.8 Å². The second kappa shape index (κ2) is 7.15. The number of amides is 1. The highest BCUT2D eigenvalue weighted by Crippen LogP contribution is 2.21. The summed E-state index contributed by atoms with van der Waals surface area (Å²) in [6.07, 6.45) is 5.55. The Morgan fingerprint density at radius 2 is 1.92 bits per heavy atom. The van der Waals surface area contributed by atoms with E-state index >= 15 is 0 Å². The van der Waals surface area contributed by atoms with E-state index in [0.717, 1.165) is 42.7 Å². The number of nitrogens with zero attached hydrogens (tertiary/aromatic N) is 5. The van der Waals surface area contributed by atoms with Gasteiger partial charge in [0.25, 0.3) is 0 Å². The minimum atomic E-state index is 0.107. The third kappa shape index (κ3) is 3.27. The van der Waals surface area contributed by atoms with E-state index < -0.39 is 0 Å². The summed E-state index contributed by atoms with van der Waals surface area (Å²) in [7, 11) is 1.91. The van der Waals surface area contributed by atoms with Gasteiger partial charge in [-0.3, -0.25) is 9.48 Å². The van der Waals surface area contributed by atoms with Crippen molar-refractivity contribution in [2.75, 3.05) is 25.0 Å². The number of hydrogen-bond donors (Lipinski definition) is 0. The molecule has 0 N–H and O–H groups in total. The molecule has 1 amide bonds. The Bertz CT molecular complexity index is 883. The van der Waals surface area contributed by atoms with Gasteiger partial charge < -0.3 is 9.80 Å². The standard InChI is InChI=1S/C20H23N5O/c1-23(17-9-12-24(13-10-17)19-8-4-5-11-21-19)20(26)15-25-18-7-3-2-6-16(18)14-22-25/h2-8,11,14,17H,9-10,12-13,15H2,1H3. The number of pyridine rings is 1. The normalized spacial score (nSPS) is 15.3. The van der Waals surface area contributed by atoms with Gasteiger partial charge in [0.15, 0.2) is 0 Å². The molecular weight excluding hydrogens is 326 g/mol. The topological polar surface area (TPSA) is 54.3 Å². The smallest absolute Gasteiger partial charge is 0.244 e. The number of benzene rings is 1. The van der Waals surface area contributed by atoms with E-state index in [1.165, 1.54) is 0 Å². The lowest BCUT2D eigenvalue weighted by Crippen LogP contribution is -2.46. The highest BCUT2D eigenvalue weighted by atomic mass is 16.2. The molecule has 1 aliphatic heterocycles. The van der Waals surface area contributed by atoms with Crippen LogP contribution in [0.4, 0.5) is 5.82 Å². The lowest BCUT2D eigenvalue weighted by atomic mass is 10.0. The molecule has 1 aliphatic rings. The fourth-order valence-corrected chi connectivity index (χ4v) is 3.62. The summed E-state index contributed by atoms with van der Waals surface area (Å²) in [4.78, 5) is 21.3. The minimum absolute atomic E-state index is 0.107. The molecule has 3 aromatic rings. The number of carbonyl (C=O) groups excluding carboxylic acids is 1. The number of rotatable bonds is 4. The van der Waals surface area contributed by atoms with Crippen LogP contribution in [0, 0.1) is 0 Å². The van der Waals surface area contributed by atoms with Crippen LogP contribution in [-0.2, 0) is 11.3 Å². The van der Waals surface area contributed by atoms with Gasteiger partial charge in [0.05, 0.1) is 11.7 Å². The number of aromatic nitrogens is 3. The second-order valence-corrected chi connectivity index (χ2v) is 6.77. The van der Waals surface area contributed by atoms with Gasteiger partial charge in [-0.1, -0.05) is 24.3 Å². The molecule has 26 heavy (non-hydrogen) atoms. The highest BCUT2D eigenvalue weighted by molar-refractivity contribution is 5.82. The summed E-state index contributed by atoms with van der Waals surface area (Å²) in [5, 5.41) is 5.43. The van der Waals surface area contributed by atoms with Crippen molar-refractivity contribution in [3.8, 4) is 0 Å². The summed E-state index contributed by atoms with van der Waals surface area (Å²) in [6.45, 7) is 2.12. The largest absolute Gasteiger partial charge is 0.356 e. The second-order valence-electron chi connectivity index (χ2n) is 6.77. The third-order valence-corrected chi connectivity index (χ3v) is 5.21. The van der Waals surface area contributed by atoms with E-state index in [1.807, 2.05) is 66.8 Å². The van der Waals surface area contributed by atoms with Gasteiger partial charge in [0, 0.05) is 37.8 Å². The molecule has 0 saturated carbocycles. The van der Waals surface area contributed by atoms with Crippen molar-refractivity contribution in [3.05, 3.63) is 54.9 Å². The molecule has 0 bridgehead atoms. The Balaban J connectivity index is 1.37. The van der Waals surface area contributed by atoms with Crippen LogP contribution in [0.1, 0.15) is 12.8 Å². The third-order valence-electron chi connectivity index (χ3n) is 5.21. The first-order valence-electron chi connectivity index (χ1n) is 9.04. The quantitative estimate of drug-likeness (QED) is 0.726. The van der Waals surface area contributed by atoms with Gasteiger partial charge in [-0.25, -0.2) is 4.98 Å². The number of carbonyl (C=O) groups is 1. The number of anilines is 1. The van der Waals surface area contributed by atoms with Crippen LogP contribution >= 0.6 is 0 Å². The Kier molecular flexibility index (Phi) is 4.56. The van der Waals surface area contributed by atoms with Crippen LogP contribution in [0.15, 0.2) is 54.9 Å². The molecule has 1 saturated heterocycles. The van der Waals surface area contributed by atoms with E-state index in [4.69, 9.17) is 0 Å². The zero-order chi connectivity index (χ0) is 17.9. The fraction of sp³-hybridized carbons (Fsp3) is 0.350. The first-order valence-corrected chi connectivity index (χ1v) is 9.04. The van der Waals surface area contributed by atoms with Gasteiger partial charge in [-0.2, -0.15) is 5.10 Å². The van der Waals surface area contributed by atoms with E-state index in [2.05, 4.69) is 15.0 Å². The predicted molar refractivity (Wildman–Crippen MR) is 102 cm³/mol. The average Bonchev–Trinajstić information content (AvgIpc) is 3.11. The monoisotopic (exact) mass is 349 g/mol. The molecule has 6 nitrogen and oxygen atoms in total. The van der Waals surface area contributed by atoms with Crippen molar-refractivity contribution in [1.29, 1.82) is 0 Å². The van der Waals surface area contributed by atoms with Crippen LogP contribution in [0.5, 0.6) is 0 Å². The molecular formula is C20H23N5O. The molecule has 0 aliphatic carbocycles. The predicted octanol–water partition coefficient (Wildman–Crippen LogP) is 2.56. The van der Waals surface area contributed by atoms with Crippen molar-refractivity contribution in [2.45, 2.75) is 25.4 Å². The maximum absolute atomic E-state index is 12.7. The lowest BCUT2D eigenvalue weighted by Gasteiger charge is -2.37. The number of para-hydroxylation sites is 1. The Hall–Kier alpha value is -2.89. The maximum atomic E-state index is 12.7. The van der Waals surface area contributed by atoms with Crippen molar-refractivity contribution in [1.82, 2.24) is 19.7 Å². The fourth-order valence-electron chi connectivity index (χ4n) is 3.62. The lowest BCUT2D eigenvalue weighted by molar-refractivity contribution is -0.133. The molecule has 4 rings (SSSR count). The van der Waals surface area contributed by atoms with Gasteiger partial charge in [0.1, 0.15) is 12.4 Å².